The van der Waals surface area contributed by atoms with Gasteiger partial charge in [0.05, 0.1) is 18.4 Å². The van der Waals surface area contributed by atoms with Crippen LogP contribution < -0.4 is 0 Å². The maximum absolute atomic E-state index is 10.9. The van der Waals surface area contributed by atoms with Crippen LogP contribution in [0.5, 0.6) is 0 Å². The minimum Gasteiger partial charge on any atom is -0.478 e. The van der Waals surface area contributed by atoms with E-state index in [4.69, 9.17) is 9.29 Å². The number of carboxylic acid groups (broad SMARTS) is 1. The summed E-state index contributed by atoms with van der Waals surface area (Å²) in [5.74, 6) is -0.963. The van der Waals surface area contributed by atoms with E-state index in [2.05, 4.69) is 0 Å². The Morgan fingerprint density at radius 2 is 1.48 bits per heavy atom. The summed E-state index contributed by atoms with van der Waals surface area (Å²) in [6.07, 6.45) is 1.01. The maximum Gasteiger partial charge on any atom is 0.335 e. The molecule has 5 nitrogen and oxygen atoms in total. The molecule has 0 aliphatic rings. The Labute approximate surface area is 122 Å². The van der Waals surface area contributed by atoms with Crippen LogP contribution in [0.4, 0.5) is 0 Å². The van der Waals surface area contributed by atoms with Crippen LogP contribution in [0.2, 0.25) is 0 Å². The Morgan fingerprint density at radius 1 is 1.00 bits per heavy atom. The van der Waals surface area contributed by atoms with Crippen molar-refractivity contribution < 1.29 is 22.5 Å². The molecule has 0 aliphatic carbocycles. The average molecular weight is 306 g/mol. The highest BCUT2D eigenvalue weighted by Gasteiger charge is 2.05. The van der Waals surface area contributed by atoms with E-state index in [1.807, 2.05) is 12.1 Å². The monoisotopic (exact) mass is 306 g/mol. The predicted octanol–water partition coefficient (Wildman–Crippen LogP) is 2.53. The second kappa shape index (κ2) is 6.07. The molecule has 0 heterocycles. The van der Waals surface area contributed by atoms with Crippen molar-refractivity contribution in [1.82, 2.24) is 0 Å². The minimum atomic E-state index is -3.45. The quantitative estimate of drug-likeness (QED) is 0.859. The van der Waals surface area contributed by atoms with Gasteiger partial charge in [0.25, 0.3) is 10.1 Å². The molecule has 0 atom stereocenters. The molecule has 0 unspecified atom stereocenters. The first-order valence-corrected chi connectivity index (χ1v) is 7.94. The fraction of sp³-hybridized carbons (Fsp3) is 0.133. The fourth-order valence-corrected chi connectivity index (χ4v) is 2.12. The van der Waals surface area contributed by atoms with Crippen molar-refractivity contribution in [2.24, 2.45) is 0 Å². The molecule has 0 saturated carbocycles. The SMILES string of the molecule is CS(=O)(=O)OCc1ccc(-c2ccc(C(=O)O)cc2)cc1. The van der Waals surface area contributed by atoms with Gasteiger partial charge < -0.3 is 5.11 Å². The summed E-state index contributed by atoms with van der Waals surface area (Å²) in [7, 11) is -3.45. The molecule has 21 heavy (non-hydrogen) atoms. The summed E-state index contributed by atoms with van der Waals surface area (Å²) in [5.41, 5.74) is 2.77. The summed E-state index contributed by atoms with van der Waals surface area (Å²) >= 11 is 0. The third-order valence-corrected chi connectivity index (χ3v) is 3.40. The Kier molecular flexibility index (Phi) is 4.40. The Hall–Kier alpha value is -2.18. The first kappa shape index (κ1) is 15.2. The molecule has 1 N–H and O–H groups in total. The van der Waals surface area contributed by atoms with Crippen LogP contribution in [0.1, 0.15) is 15.9 Å². The second-order valence-corrected chi connectivity index (χ2v) is 6.19. The molecule has 110 valence electrons. The lowest BCUT2D eigenvalue weighted by atomic mass is 10.0. The number of aromatic carboxylic acids is 1. The number of benzene rings is 2. The molecular weight excluding hydrogens is 292 g/mol. The first-order valence-electron chi connectivity index (χ1n) is 6.12. The highest BCUT2D eigenvalue weighted by atomic mass is 32.2. The molecule has 0 fully saturated rings. The molecule has 2 aromatic carbocycles. The van der Waals surface area contributed by atoms with Crippen molar-refractivity contribution >= 4 is 16.1 Å². The summed E-state index contributed by atoms with van der Waals surface area (Å²) in [4.78, 5) is 10.8. The van der Waals surface area contributed by atoms with E-state index < -0.39 is 16.1 Å². The summed E-state index contributed by atoms with van der Waals surface area (Å²) in [6.45, 7) is -0.00291. The van der Waals surface area contributed by atoms with Gasteiger partial charge in [-0.25, -0.2) is 4.79 Å². The second-order valence-electron chi connectivity index (χ2n) is 4.55. The molecule has 0 aromatic heterocycles. The van der Waals surface area contributed by atoms with Crippen molar-refractivity contribution in [3.63, 3.8) is 0 Å². The highest BCUT2D eigenvalue weighted by molar-refractivity contribution is 7.85. The molecule has 0 bridgehead atoms. The molecule has 6 heteroatoms. The van der Waals surface area contributed by atoms with E-state index in [1.54, 1.807) is 36.4 Å². The molecule has 0 amide bonds. The van der Waals surface area contributed by atoms with Crippen LogP contribution in [0.3, 0.4) is 0 Å². The molecule has 0 radical (unpaired) electrons. The zero-order chi connectivity index (χ0) is 15.5. The van der Waals surface area contributed by atoms with Crippen LogP contribution in [-0.4, -0.2) is 25.7 Å². The zero-order valence-corrected chi connectivity index (χ0v) is 12.1. The van der Waals surface area contributed by atoms with Crippen LogP contribution in [0.25, 0.3) is 11.1 Å². The molecular formula is C15H14O5S. The summed E-state index contributed by atoms with van der Waals surface area (Å²) in [5, 5.41) is 8.84. The molecule has 0 spiro atoms. The topological polar surface area (TPSA) is 80.7 Å². The van der Waals surface area contributed by atoms with Gasteiger partial charge in [0.15, 0.2) is 0 Å². The normalized spacial score (nSPS) is 11.3. The van der Waals surface area contributed by atoms with Crippen molar-refractivity contribution in [3.05, 3.63) is 59.7 Å². The lowest BCUT2D eigenvalue weighted by Gasteiger charge is -2.05. The number of hydrogen-bond donors (Lipinski definition) is 1. The van der Waals surface area contributed by atoms with Gasteiger partial charge in [-0.05, 0) is 28.8 Å². The van der Waals surface area contributed by atoms with Gasteiger partial charge in [-0.3, -0.25) is 4.18 Å². The van der Waals surface area contributed by atoms with Gasteiger partial charge in [0.2, 0.25) is 0 Å². The van der Waals surface area contributed by atoms with Crippen molar-refractivity contribution in [3.8, 4) is 11.1 Å². The van der Waals surface area contributed by atoms with E-state index in [1.165, 1.54) is 0 Å². The van der Waals surface area contributed by atoms with Gasteiger partial charge in [0.1, 0.15) is 0 Å². The Morgan fingerprint density at radius 3 is 1.90 bits per heavy atom. The minimum absolute atomic E-state index is 0.00291. The van der Waals surface area contributed by atoms with Crippen molar-refractivity contribution in [2.45, 2.75) is 6.61 Å². The summed E-state index contributed by atoms with van der Waals surface area (Å²) < 4.78 is 26.5. The number of rotatable bonds is 5. The van der Waals surface area contributed by atoms with Gasteiger partial charge in [-0.15, -0.1) is 0 Å². The third-order valence-electron chi connectivity index (χ3n) is 2.86. The smallest absolute Gasteiger partial charge is 0.335 e. The Balaban J connectivity index is 2.13. The van der Waals surface area contributed by atoms with Crippen LogP contribution in [0, 0.1) is 0 Å². The fourth-order valence-electron chi connectivity index (χ4n) is 1.77. The van der Waals surface area contributed by atoms with E-state index in [0.29, 0.717) is 0 Å². The standard InChI is InChI=1S/C15H14O5S/c1-21(18,19)20-10-11-2-4-12(5-3-11)13-6-8-14(9-7-13)15(16)17/h2-9H,10H2,1H3,(H,16,17). The Bertz CT molecular complexity index is 731. The molecule has 0 saturated heterocycles. The maximum atomic E-state index is 10.9. The van der Waals surface area contributed by atoms with Crippen molar-refractivity contribution in [1.29, 1.82) is 0 Å². The van der Waals surface area contributed by atoms with E-state index >= 15 is 0 Å². The van der Waals surface area contributed by atoms with E-state index in [-0.39, 0.29) is 12.2 Å². The average Bonchev–Trinajstić information content (AvgIpc) is 2.45. The third kappa shape index (κ3) is 4.40. The van der Waals surface area contributed by atoms with E-state index in [0.717, 1.165) is 22.9 Å². The lowest BCUT2D eigenvalue weighted by molar-refractivity contribution is 0.0697. The first-order chi connectivity index (χ1) is 9.85. The van der Waals surface area contributed by atoms with Gasteiger partial charge in [-0.2, -0.15) is 8.42 Å². The zero-order valence-electron chi connectivity index (χ0n) is 11.3. The van der Waals surface area contributed by atoms with Gasteiger partial charge >= 0.3 is 5.97 Å². The number of carbonyl (C=O) groups is 1. The molecule has 2 rings (SSSR count). The predicted molar refractivity (Wildman–Crippen MR) is 78.5 cm³/mol. The highest BCUT2D eigenvalue weighted by Crippen LogP contribution is 2.20. The summed E-state index contributed by atoms with van der Waals surface area (Å²) in [6, 6.07) is 13.7. The number of carboxylic acids is 1. The largest absolute Gasteiger partial charge is 0.478 e. The van der Waals surface area contributed by atoms with Crippen LogP contribution in [-0.2, 0) is 20.9 Å². The van der Waals surface area contributed by atoms with Crippen LogP contribution in [0.15, 0.2) is 48.5 Å². The van der Waals surface area contributed by atoms with E-state index in [9.17, 15) is 13.2 Å². The van der Waals surface area contributed by atoms with Crippen molar-refractivity contribution in [2.75, 3.05) is 6.26 Å². The lowest BCUT2D eigenvalue weighted by Crippen LogP contribution is -2.02. The molecule has 2 aromatic rings. The van der Waals surface area contributed by atoms with Crippen LogP contribution >= 0.6 is 0 Å². The van der Waals surface area contributed by atoms with Gasteiger partial charge in [0, 0.05) is 0 Å². The van der Waals surface area contributed by atoms with Gasteiger partial charge in [-0.1, -0.05) is 36.4 Å². The molecule has 0 aliphatic heterocycles. The number of hydrogen-bond acceptors (Lipinski definition) is 4.